The first-order chi connectivity index (χ1) is 12.5. The Labute approximate surface area is 166 Å². The zero-order valence-corrected chi connectivity index (χ0v) is 16.8. The predicted molar refractivity (Wildman–Crippen MR) is 107 cm³/mol. The third-order valence-corrected chi connectivity index (χ3v) is 4.97. The van der Waals surface area contributed by atoms with E-state index in [9.17, 15) is 9.59 Å². The van der Waals surface area contributed by atoms with Crippen molar-refractivity contribution in [1.29, 1.82) is 0 Å². The molecular formula is C19H21BrN2O3S. The van der Waals surface area contributed by atoms with E-state index in [-0.39, 0.29) is 12.5 Å². The number of benzene rings is 2. The minimum Gasteiger partial charge on any atom is -0.445 e. The molecule has 2 N–H and O–H groups in total. The van der Waals surface area contributed by atoms with Gasteiger partial charge in [-0.3, -0.25) is 4.79 Å². The molecular weight excluding hydrogens is 416 g/mol. The zero-order valence-electron chi connectivity index (χ0n) is 14.4. The Bertz CT molecular complexity index is 710. The van der Waals surface area contributed by atoms with E-state index in [1.54, 1.807) is 18.7 Å². The number of nitrogens with one attached hydrogen (secondary N) is 2. The first-order valence-corrected chi connectivity index (χ1v) is 9.96. The molecule has 2 amide bonds. The third-order valence-electron chi connectivity index (χ3n) is 3.42. The van der Waals surface area contributed by atoms with Crippen molar-refractivity contribution in [3.8, 4) is 0 Å². The molecule has 0 radical (unpaired) electrons. The van der Waals surface area contributed by atoms with Gasteiger partial charge in [0.25, 0.3) is 0 Å². The lowest BCUT2D eigenvalue weighted by Gasteiger charge is -2.14. The van der Waals surface area contributed by atoms with Gasteiger partial charge in [-0.25, -0.2) is 4.79 Å². The maximum absolute atomic E-state index is 12.0. The van der Waals surface area contributed by atoms with Gasteiger partial charge >= 0.3 is 6.09 Å². The van der Waals surface area contributed by atoms with Gasteiger partial charge in [-0.15, -0.1) is 11.8 Å². The van der Waals surface area contributed by atoms with E-state index in [1.165, 1.54) is 0 Å². The van der Waals surface area contributed by atoms with E-state index in [4.69, 9.17) is 4.74 Å². The van der Waals surface area contributed by atoms with Gasteiger partial charge in [-0.1, -0.05) is 46.3 Å². The van der Waals surface area contributed by atoms with Gasteiger partial charge in [0.15, 0.2) is 0 Å². The van der Waals surface area contributed by atoms with Crippen molar-refractivity contribution < 1.29 is 14.3 Å². The Morgan fingerprint density at radius 1 is 1.12 bits per heavy atom. The zero-order chi connectivity index (χ0) is 18.8. The van der Waals surface area contributed by atoms with Gasteiger partial charge in [0.1, 0.15) is 12.6 Å². The Morgan fingerprint density at radius 3 is 2.50 bits per heavy atom. The second kappa shape index (κ2) is 10.9. The molecule has 0 heterocycles. The Balaban J connectivity index is 1.62. The summed E-state index contributed by atoms with van der Waals surface area (Å²) in [7, 11) is 0. The molecule has 5 nitrogen and oxygen atoms in total. The summed E-state index contributed by atoms with van der Waals surface area (Å²) in [5.74, 6) is 0.511. The van der Waals surface area contributed by atoms with E-state index in [2.05, 4.69) is 26.6 Å². The lowest BCUT2D eigenvalue weighted by atomic mass is 10.2. The van der Waals surface area contributed by atoms with Crippen LogP contribution in [0.15, 0.2) is 64.0 Å². The number of hydrogen-bond acceptors (Lipinski definition) is 4. The molecule has 0 spiro atoms. The van der Waals surface area contributed by atoms with Crippen LogP contribution in [0, 0.1) is 0 Å². The van der Waals surface area contributed by atoms with Gasteiger partial charge in [0.2, 0.25) is 5.91 Å². The van der Waals surface area contributed by atoms with E-state index < -0.39 is 12.1 Å². The molecule has 0 bridgehead atoms. The Hall–Kier alpha value is -1.99. The van der Waals surface area contributed by atoms with Crippen molar-refractivity contribution in [3.05, 3.63) is 64.6 Å². The number of carbonyl (C=O) groups excluding carboxylic acids is 2. The third kappa shape index (κ3) is 7.49. The number of rotatable bonds is 8. The summed E-state index contributed by atoms with van der Waals surface area (Å²) in [5.41, 5.74) is 0.893. The van der Waals surface area contributed by atoms with Gasteiger partial charge in [0, 0.05) is 21.7 Å². The van der Waals surface area contributed by atoms with Crippen molar-refractivity contribution in [1.82, 2.24) is 10.6 Å². The van der Waals surface area contributed by atoms with Gasteiger partial charge in [-0.2, -0.15) is 0 Å². The molecule has 1 unspecified atom stereocenters. The van der Waals surface area contributed by atoms with Gasteiger partial charge in [0.05, 0.1) is 0 Å². The summed E-state index contributed by atoms with van der Waals surface area (Å²) < 4.78 is 6.14. The topological polar surface area (TPSA) is 67.4 Å². The quantitative estimate of drug-likeness (QED) is 0.485. The summed E-state index contributed by atoms with van der Waals surface area (Å²) in [4.78, 5) is 24.9. The Morgan fingerprint density at radius 2 is 1.81 bits per heavy atom. The van der Waals surface area contributed by atoms with E-state index >= 15 is 0 Å². The summed E-state index contributed by atoms with van der Waals surface area (Å²) >= 11 is 5.05. The van der Waals surface area contributed by atoms with Gasteiger partial charge in [-0.05, 0) is 36.8 Å². The highest BCUT2D eigenvalue weighted by Gasteiger charge is 2.15. The molecule has 0 aliphatic rings. The lowest BCUT2D eigenvalue weighted by Crippen LogP contribution is -2.45. The molecule has 1 atom stereocenters. The normalized spacial score (nSPS) is 11.5. The summed E-state index contributed by atoms with van der Waals surface area (Å²) in [6, 6.07) is 16.7. The molecule has 0 aliphatic carbocycles. The van der Waals surface area contributed by atoms with Crippen molar-refractivity contribution in [3.63, 3.8) is 0 Å². The number of amides is 2. The van der Waals surface area contributed by atoms with Crippen LogP contribution in [0.4, 0.5) is 4.79 Å². The molecule has 0 aromatic heterocycles. The van der Waals surface area contributed by atoms with Crippen molar-refractivity contribution >= 4 is 39.7 Å². The van der Waals surface area contributed by atoms with Crippen LogP contribution in [0.2, 0.25) is 0 Å². The van der Waals surface area contributed by atoms with E-state index in [0.717, 1.165) is 20.7 Å². The van der Waals surface area contributed by atoms with Crippen molar-refractivity contribution in [2.45, 2.75) is 24.5 Å². The molecule has 26 heavy (non-hydrogen) atoms. The largest absolute Gasteiger partial charge is 0.445 e. The second-order valence-electron chi connectivity index (χ2n) is 5.52. The molecule has 0 saturated heterocycles. The maximum atomic E-state index is 12.0. The minimum atomic E-state index is -0.657. The predicted octanol–water partition coefficient (Wildman–Crippen LogP) is 3.97. The monoisotopic (exact) mass is 436 g/mol. The lowest BCUT2D eigenvalue weighted by molar-refractivity contribution is -0.122. The first kappa shape index (κ1) is 20.3. The fourth-order valence-corrected chi connectivity index (χ4v) is 3.07. The summed E-state index contributed by atoms with van der Waals surface area (Å²) in [6.45, 7) is 2.32. The van der Waals surface area contributed by atoms with Crippen LogP contribution in [0.3, 0.4) is 0 Å². The molecule has 2 rings (SSSR count). The molecule has 0 aliphatic heterocycles. The fraction of sp³-hybridized carbons (Fsp3) is 0.263. The van der Waals surface area contributed by atoms with Crippen LogP contribution < -0.4 is 10.6 Å². The van der Waals surface area contributed by atoms with E-state index in [1.807, 2.05) is 54.6 Å². The average molecular weight is 437 g/mol. The molecule has 0 saturated carbocycles. The van der Waals surface area contributed by atoms with E-state index in [0.29, 0.717) is 6.54 Å². The molecule has 138 valence electrons. The minimum absolute atomic E-state index is 0.171. The number of alkyl carbamates (subject to hydrolysis) is 1. The smallest absolute Gasteiger partial charge is 0.408 e. The number of thioether (sulfide) groups is 1. The van der Waals surface area contributed by atoms with Gasteiger partial charge < -0.3 is 15.4 Å². The second-order valence-corrected chi connectivity index (χ2v) is 7.61. The summed E-state index contributed by atoms with van der Waals surface area (Å²) in [6.07, 6.45) is -0.610. The first-order valence-electron chi connectivity index (χ1n) is 8.18. The van der Waals surface area contributed by atoms with Crippen LogP contribution in [0.25, 0.3) is 0 Å². The highest BCUT2D eigenvalue weighted by atomic mass is 79.9. The number of halogens is 1. The maximum Gasteiger partial charge on any atom is 0.408 e. The SMILES string of the molecule is CC(NC(=O)OCc1ccccc1)C(=O)NCCSc1ccc(Br)cc1. The number of hydrogen-bond donors (Lipinski definition) is 2. The standard InChI is InChI=1S/C19H21BrN2O3S/c1-14(22-19(24)25-13-15-5-3-2-4-6-15)18(23)21-11-12-26-17-9-7-16(20)8-10-17/h2-10,14H,11-13H2,1H3,(H,21,23)(H,22,24). The van der Waals surface area contributed by atoms with Crippen molar-refractivity contribution in [2.24, 2.45) is 0 Å². The Kier molecular flexibility index (Phi) is 8.50. The van der Waals surface area contributed by atoms with Crippen LogP contribution in [0.5, 0.6) is 0 Å². The molecule has 7 heteroatoms. The average Bonchev–Trinajstić information content (AvgIpc) is 2.65. The van der Waals surface area contributed by atoms with Crippen LogP contribution >= 0.6 is 27.7 Å². The van der Waals surface area contributed by atoms with Crippen LogP contribution in [0.1, 0.15) is 12.5 Å². The fourth-order valence-electron chi connectivity index (χ4n) is 2.03. The molecule has 2 aromatic rings. The number of carbonyl (C=O) groups is 2. The molecule has 2 aromatic carbocycles. The molecule has 0 fully saturated rings. The highest BCUT2D eigenvalue weighted by molar-refractivity contribution is 9.10. The summed E-state index contributed by atoms with van der Waals surface area (Å²) in [5, 5.41) is 5.33. The highest BCUT2D eigenvalue weighted by Crippen LogP contribution is 2.19. The van der Waals surface area contributed by atoms with Crippen LogP contribution in [-0.4, -0.2) is 30.3 Å². The van der Waals surface area contributed by atoms with Crippen LogP contribution in [-0.2, 0) is 16.1 Å². The number of ether oxygens (including phenoxy) is 1. The van der Waals surface area contributed by atoms with Crippen molar-refractivity contribution in [2.75, 3.05) is 12.3 Å².